The molecule has 0 radical (unpaired) electrons. The van der Waals surface area contributed by atoms with Crippen molar-refractivity contribution < 1.29 is 9.32 Å². The van der Waals surface area contributed by atoms with E-state index >= 15 is 0 Å². The highest BCUT2D eigenvalue weighted by Crippen LogP contribution is 2.24. The summed E-state index contributed by atoms with van der Waals surface area (Å²) in [7, 11) is 0. The van der Waals surface area contributed by atoms with E-state index in [1.165, 1.54) is 30.6 Å². The van der Waals surface area contributed by atoms with Crippen LogP contribution in [0.4, 0.5) is 0 Å². The van der Waals surface area contributed by atoms with Crippen molar-refractivity contribution in [2.24, 2.45) is 0 Å². The highest BCUT2D eigenvalue weighted by molar-refractivity contribution is 6.01. The summed E-state index contributed by atoms with van der Waals surface area (Å²) >= 11 is 0. The van der Waals surface area contributed by atoms with Crippen LogP contribution in [0, 0.1) is 0 Å². The molecular weight excluding hydrogens is 278 g/mol. The van der Waals surface area contributed by atoms with Gasteiger partial charge in [-0.1, -0.05) is 12.1 Å². The fourth-order valence-electron chi connectivity index (χ4n) is 3.37. The van der Waals surface area contributed by atoms with E-state index in [1.54, 1.807) is 0 Å². The lowest BCUT2D eigenvalue weighted by Crippen LogP contribution is -3.10. The first-order chi connectivity index (χ1) is 10.8. The maximum atomic E-state index is 12.3. The van der Waals surface area contributed by atoms with Crippen LogP contribution in [0.1, 0.15) is 31.5 Å². The van der Waals surface area contributed by atoms with Crippen molar-refractivity contribution in [1.82, 2.24) is 9.97 Å². The van der Waals surface area contributed by atoms with Gasteiger partial charge in [0, 0.05) is 5.39 Å². The van der Waals surface area contributed by atoms with Gasteiger partial charge in [-0.15, -0.1) is 0 Å². The molecule has 1 fully saturated rings. The molecule has 0 atom stereocenters. The van der Waals surface area contributed by atoms with Gasteiger partial charge < -0.3 is 14.3 Å². The number of rotatable bonds is 2. The van der Waals surface area contributed by atoms with Crippen molar-refractivity contribution in [1.29, 1.82) is 0 Å². The fraction of sp³-hybridized carbons (Fsp3) is 0.412. The normalized spacial score (nSPS) is 17.1. The molecule has 1 aliphatic rings. The third-order valence-electron chi connectivity index (χ3n) is 4.51. The predicted molar refractivity (Wildman–Crippen MR) is 85.0 cm³/mol. The van der Waals surface area contributed by atoms with Gasteiger partial charge in [-0.25, -0.2) is 4.98 Å². The van der Waals surface area contributed by atoms with Crippen molar-refractivity contribution in [2.75, 3.05) is 13.1 Å². The van der Waals surface area contributed by atoms with Gasteiger partial charge in [-0.2, -0.15) is 0 Å². The maximum absolute atomic E-state index is 12.3. The highest BCUT2D eigenvalue weighted by Gasteiger charge is 2.17. The Morgan fingerprint density at radius 2 is 1.91 bits per heavy atom. The number of furan rings is 1. The standard InChI is InChI=1S/C17H19N3O2/c21-17-16-15(12-7-3-4-8-13(12)22-16)18-14(19-17)11-20-9-5-1-2-6-10-20/h3-4,7-8H,1-2,5-6,9-11H2,(H,18,19,21)/p+1. The van der Waals surface area contributed by atoms with E-state index in [2.05, 4.69) is 9.97 Å². The van der Waals surface area contributed by atoms with Gasteiger partial charge in [-0.05, 0) is 37.8 Å². The second-order valence-electron chi connectivity index (χ2n) is 6.13. The van der Waals surface area contributed by atoms with Crippen molar-refractivity contribution in [2.45, 2.75) is 32.2 Å². The maximum Gasteiger partial charge on any atom is 0.294 e. The Hall–Kier alpha value is -2.14. The van der Waals surface area contributed by atoms with E-state index in [-0.39, 0.29) is 5.56 Å². The van der Waals surface area contributed by atoms with Crippen molar-refractivity contribution in [3.05, 3.63) is 40.4 Å². The van der Waals surface area contributed by atoms with Crippen LogP contribution < -0.4 is 10.5 Å². The molecule has 4 rings (SSSR count). The number of hydrogen-bond acceptors (Lipinski definition) is 3. The number of aromatic nitrogens is 2. The number of para-hydroxylation sites is 1. The Balaban J connectivity index is 1.75. The van der Waals surface area contributed by atoms with Gasteiger partial charge in [0.15, 0.2) is 5.82 Å². The Morgan fingerprint density at radius 3 is 2.73 bits per heavy atom. The molecule has 0 spiro atoms. The number of fused-ring (bicyclic) bond motifs is 3. The fourth-order valence-corrected chi connectivity index (χ4v) is 3.37. The van der Waals surface area contributed by atoms with Gasteiger partial charge in [0.25, 0.3) is 5.56 Å². The molecule has 0 bridgehead atoms. The molecule has 114 valence electrons. The van der Waals surface area contributed by atoms with Crippen molar-refractivity contribution >= 4 is 22.1 Å². The number of hydrogen-bond donors (Lipinski definition) is 2. The van der Waals surface area contributed by atoms with Crippen LogP contribution in [0.15, 0.2) is 33.5 Å². The second-order valence-corrected chi connectivity index (χ2v) is 6.13. The van der Waals surface area contributed by atoms with Crippen LogP contribution in [0.3, 0.4) is 0 Å². The Labute approximate surface area is 127 Å². The largest absolute Gasteiger partial charge is 0.449 e. The molecule has 2 aromatic heterocycles. The monoisotopic (exact) mass is 298 g/mol. The van der Waals surface area contributed by atoms with Crippen molar-refractivity contribution in [3.63, 3.8) is 0 Å². The molecule has 5 heteroatoms. The summed E-state index contributed by atoms with van der Waals surface area (Å²) in [6.07, 6.45) is 5.16. The lowest BCUT2D eigenvalue weighted by molar-refractivity contribution is -0.913. The van der Waals surface area contributed by atoms with Gasteiger partial charge >= 0.3 is 0 Å². The van der Waals surface area contributed by atoms with Crippen LogP contribution in [0.25, 0.3) is 22.1 Å². The molecule has 0 unspecified atom stereocenters. The molecule has 1 aliphatic heterocycles. The van der Waals surface area contributed by atoms with Crippen LogP contribution >= 0.6 is 0 Å². The van der Waals surface area contributed by atoms with E-state index in [0.29, 0.717) is 11.1 Å². The first-order valence-corrected chi connectivity index (χ1v) is 8.05. The van der Waals surface area contributed by atoms with Gasteiger partial charge in [0.1, 0.15) is 17.6 Å². The lowest BCUT2D eigenvalue weighted by Gasteiger charge is -2.15. The lowest BCUT2D eigenvalue weighted by atomic mass is 10.2. The second kappa shape index (κ2) is 5.57. The number of likely N-dealkylation sites (tertiary alicyclic amines) is 1. The van der Waals surface area contributed by atoms with E-state index in [0.717, 1.165) is 36.4 Å². The molecule has 22 heavy (non-hydrogen) atoms. The van der Waals surface area contributed by atoms with Gasteiger partial charge in [0.05, 0.1) is 13.1 Å². The minimum Gasteiger partial charge on any atom is -0.449 e. The summed E-state index contributed by atoms with van der Waals surface area (Å²) in [6, 6.07) is 7.67. The molecule has 0 aliphatic carbocycles. The van der Waals surface area contributed by atoms with Crippen LogP contribution in [0.5, 0.6) is 0 Å². The van der Waals surface area contributed by atoms with E-state index in [9.17, 15) is 4.79 Å². The molecule has 2 N–H and O–H groups in total. The molecular formula is C17H20N3O2+. The number of nitrogens with zero attached hydrogens (tertiary/aromatic N) is 1. The topological polar surface area (TPSA) is 63.3 Å². The first-order valence-electron chi connectivity index (χ1n) is 8.05. The average Bonchev–Trinajstić information content (AvgIpc) is 2.71. The molecule has 0 saturated carbocycles. The number of quaternary nitrogens is 1. The number of aromatic amines is 1. The third kappa shape index (κ3) is 2.41. The van der Waals surface area contributed by atoms with E-state index in [4.69, 9.17) is 4.42 Å². The Morgan fingerprint density at radius 1 is 1.14 bits per heavy atom. The van der Waals surface area contributed by atoms with Crippen LogP contribution in [-0.4, -0.2) is 23.1 Å². The van der Waals surface area contributed by atoms with E-state index < -0.39 is 0 Å². The number of benzene rings is 1. The molecule has 3 aromatic rings. The minimum atomic E-state index is -0.176. The van der Waals surface area contributed by atoms with Crippen LogP contribution in [-0.2, 0) is 6.54 Å². The van der Waals surface area contributed by atoms with Crippen molar-refractivity contribution in [3.8, 4) is 0 Å². The zero-order valence-electron chi connectivity index (χ0n) is 12.5. The summed E-state index contributed by atoms with van der Waals surface area (Å²) in [5.74, 6) is 0.765. The molecule has 1 aromatic carbocycles. The SMILES string of the molecule is O=c1[nH]c(C[NH+]2CCCCCC2)nc2c1oc1ccccc12. The summed E-state index contributed by atoms with van der Waals surface area (Å²) in [5, 5.41) is 0.913. The summed E-state index contributed by atoms with van der Waals surface area (Å²) in [4.78, 5) is 21.4. The smallest absolute Gasteiger partial charge is 0.294 e. The van der Waals surface area contributed by atoms with Gasteiger partial charge in [0.2, 0.25) is 5.58 Å². The quantitative estimate of drug-likeness (QED) is 0.756. The Bertz CT molecular complexity index is 857. The average molecular weight is 298 g/mol. The predicted octanol–water partition coefficient (Wildman–Crippen LogP) is 1.63. The first kappa shape index (κ1) is 13.5. The highest BCUT2D eigenvalue weighted by atomic mass is 16.3. The van der Waals surface area contributed by atoms with E-state index in [1.807, 2.05) is 24.3 Å². The molecule has 0 amide bonds. The minimum absolute atomic E-state index is 0.176. The molecule has 5 nitrogen and oxygen atoms in total. The Kier molecular flexibility index (Phi) is 3.42. The third-order valence-corrected chi connectivity index (χ3v) is 4.51. The zero-order chi connectivity index (χ0) is 14.9. The zero-order valence-corrected chi connectivity index (χ0v) is 12.5. The molecule has 1 saturated heterocycles. The van der Waals surface area contributed by atoms with Gasteiger partial charge in [-0.3, -0.25) is 4.79 Å². The van der Waals surface area contributed by atoms with Crippen LogP contribution in [0.2, 0.25) is 0 Å². The number of H-pyrrole nitrogens is 1. The summed E-state index contributed by atoms with van der Waals surface area (Å²) in [5.41, 5.74) is 1.56. The summed E-state index contributed by atoms with van der Waals surface area (Å²) < 4.78 is 5.64. The molecule has 3 heterocycles. The number of nitrogens with one attached hydrogen (secondary N) is 2. The summed E-state index contributed by atoms with van der Waals surface area (Å²) in [6.45, 7) is 3.10.